The summed E-state index contributed by atoms with van der Waals surface area (Å²) in [7, 11) is 1.41. The van der Waals surface area contributed by atoms with E-state index in [9.17, 15) is 4.79 Å². The average molecular weight is 186 g/mol. The third-order valence-electron chi connectivity index (χ3n) is 2.68. The van der Waals surface area contributed by atoms with Crippen LogP contribution in [-0.2, 0) is 9.53 Å². The van der Waals surface area contributed by atoms with E-state index in [1.807, 2.05) is 0 Å². The Hall–Kier alpha value is -0.610. The number of carbonyl (C=O) groups excluding carboxylic acids is 1. The van der Waals surface area contributed by atoms with Crippen molar-refractivity contribution < 1.29 is 9.53 Å². The third-order valence-corrected chi connectivity index (χ3v) is 2.68. The van der Waals surface area contributed by atoms with Gasteiger partial charge in [-0.3, -0.25) is 9.69 Å². The molecule has 0 amide bonds. The molecular formula is C9H18N2O2. The molecule has 1 saturated heterocycles. The van der Waals surface area contributed by atoms with Crippen molar-refractivity contribution in [3.63, 3.8) is 0 Å². The van der Waals surface area contributed by atoms with Crippen molar-refractivity contribution in [2.45, 2.75) is 19.4 Å². The molecule has 4 nitrogen and oxygen atoms in total. The molecule has 1 aliphatic heterocycles. The van der Waals surface area contributed by atoms with Crippen LogP contribution in [0, 0.1) is 5.92 Å². The summed E-state index contributed by atoms with van der Waals surface area (Å²) >= 11 is 0. The molecular weight excluding hydrogens is 168 g/mol. The molecule has 0 spiro atoms. The normalized spacial score (nSPS) is 30.1. The minimum absolute atomic E-state index is 0.179. The van der Waals surface area contributed by atoms with Crippen molar-refractivity contribution in [2.75, 3.05) is 26.7 Å². The first-order valence-electron chi connectivity index (χ1n) is 4.68. The van der Waals surface area contributed by atoms with Crippen LogP contribution in [0.15, 0.2) is 0 Å². The maximum Gasteiger partial charge on any atom is 0.319 e. The summed E-state index contributed by atoms with van der Waals surface area (Å²) in [6, 6.07) is 0.193. The molecule has 1 aliphatic rings. The van der Waals surface area contributed by atoms with Crippen molar-refractivity contribution in [1.82, 2.24) is 4.90 Å². The van der Waals surface area contributed by atoms with Gasteiger partial charge < -0.3 is 10.5 Å². The Bertz CT molecular complexity index is 184. The number of esters is 1. The Morgan fingerprint density at radius 1 is 1.69 bits per heavy atom. The summed E-state index contributed by atoms with van der Waals surface area (Å²) in [5.41, 5.74) is 5.89. The number of piperidine rings is 1. The molecule has 4 heteroatoms. The highest BCUT2D eigenvalue weighted by Gasteiger charge is 2.24. The van der Waals surface area contributed by atoms with Crippen LogP contribution in [0.2, 0.25) is 0 Å². The van der Waals surface area contributed by atoms with Crippen LogP contribution in [0.5, 0.6) is 0 Å². The van der Waals surface area contributed by atoms with Gasteiger partial charge in [0.15, 0.2) is 0 Å². The van der Waals surface area contributed by atoms with Crippen molar-refractivity contribution in [1.29, 1.82) is 0 Å². The molecule has 0 aliphatic carbocycles. The molecule has 1 fully saturated rings. The fourth-order valence-electron chi connectivity index (χ4n) is 1.56. The highest BCUT2D eigenvalue weighted by atomic mass is 16.5. The van der Waals surface area contributed by atoms with E-state index in [1.165, 1.54) is 7.11 Å². The molecule has 2 N–H and O–H groups in total. The van der Waals surface area contributed by atoms with Gasteiger partial charge >= 0.3 is 5.97 Å². The first-order valence-corrected chi connectivity index (χ1v) is 4.68. The van der Waals surface area contributed by atoms with Crippen LogP contribution in [-0.4, -0.2) is 43.7 Å². The molecule has 0 radical (unpaired) electrons. The van der Waals surface area contributed by atoms with Gasteiger partial charge in [-0.2, -0.15) is 0 Å². The van der Waals surface area contributed by atoms with E-state index in [4.69, 9.17) is 5.73 Å². The van der Waals surface area contributed by atoms with Crippen molar-refractivity contribution in [2.24, 2.45) is 11.7 Å². The topological polar surface area (TPSA) is 55.6 Å². The molecule has 76 valence electrons. The lowest BCUT2D eigenvalue weighted by atomic mass is 9.94. The Labute approximate surface area is 79.0 Å². The van der Waals surface area contributed by atoms with Gasteiger partial charge in [-0.25, -0.2) is 0 Å². The van der Waals surface area contributed by atoms with E-state index >= 15 is 0 Å². The monoisotopic (exact) mass is 186 g/mol. The average Bonchev–Trinajstić information content (AvgIpc) is 2.11. The second-order valence-electron chi connectivity index (χ2n) is 3.74. The maximum absolute atomic E-state index is 11.0. The van der Waals surface area contributed by atoms with Gasteiger partial charge in [0, 0.05) is 12.6 Å². The van der Waals surface area contributed by atoms with E-state index in [1.54, 1.807) is 0 Å². The molecule has 1 heterocycles. The van der Waals surface area contributed by atoms with E-state index < -0.39 is 0 Å². The highest BCUT2D eigenvalue weighted by molar-refractivity contribution is 5.71. The van der Waals surface area contributed by atoms with E-state index in [0.717, 1.165) is 19.5 Å². The van der Waals surface area contributed by atoms with Gasteiger partial charge in [-0.1, -0.05) is 6.92 Å². The predicted molar refractivity (Wildman–Crippen MR) is 50.2 cm³/mol. The molecule has 2 atom stereocenters. The molecule has 1 rings (SSSR count). The summed E-state index contributed by atoms with van der Waals surface area (Å²) in [6.45, 7) is 4.28. The van der Waals surface area contributed by atoms with E-state index in [-0.39, 0.29) is 12.0 Å². The Morgan fingerprint density at radius 2 is 2.38 bits per heavy atom. The van der Waals surface area contributed by atoms with E-state index in [2.05, 4.69) is 16.6 Å². The van der Waals surface area contributed by atoms with E-state index in [0.29, 0.717) is 12.5 Å². The molecule has 0 bridgehead atoms. The van der Waals surface area contributed by atoms with Gasteiger partial charge in [0.1, 0.15) is 0 Å². The van der Waals surface area contributed by atoms with Crippen LogP contribution in [0.1, 0.15) is 13.3 Å². The second-order valence-corrected chi connectivity index (χ2v) is 3.74. The third kappa shape index (κ3) is 2.97. The number of likely N-dealkylation sites (tertiary alicyclic amines) is 1. The van der Waals surface area contributed by atoms with Crippen LogP contribution in [0.25, 0.3) is 0 Å². The number of carbonyl (C=O) groups is 1. The minimum Gasteiger partial charge on any atom is -0.468 e. The van der Waals surface area contributed by atoms with Crippen LogP contribution >= 0.6 is 0 Å². The fourth-order valence-corrected chi connectivity index (χ4v) is 1.56. The van der Waals surface area contributed by atoms with Gasteiger partial charge in [0.2, 0.25) is 0 Å². The lowest BCUT2D eigenvalue weighted by molar-refractivity contribution is -0.142. The summed E-state index contributed by atoms with van der Waals surface area (Å²) in [4.78, 5) is 13.0. The first kappa shape index (κ1) is 10.5. The van der Waals surface area contributed by atoms with Gasteiger partial charge in [0.05, 0.1) is 13.7 Å². The first-order chi connectivity index (χ1) is 6.13. The summed E-state index contributed by atoms with van der Waals surface area (Å²) < 4.78 is 4.59. The number of rotatable bonds is 2. The lowest BCUT2D eigenvalue weighted by Gasteiger charge is -2.34. The Morgan fingerprint density at radius 3 is 2.92 bits per heavy atom. The number of nitrogens with two attached hydrogens (primary N) is 1. The largest absolute Gasteiger partial charge is 0.468 e. The number of nitrogens with zero attached hydrogens (tertiary/aromatic N) is 1. The number of methoxy groups -OCH3 is 1. The standard InChI is InChI=1S/C9H18N2O2/c1-7-3-4-11(5-8(7)10)6-9(12)13-2/h7-8H,3-6,10H2,1-2H3. The second kappa shape index (κ2) is 4.58. The molecule has 0 aromatic rings. The molecule has 2 unspecified atom stereocenters. The zero-order valence-electron chi connectivity index (χ0n) is 8.32. The number of ether oxygens (including phenoxy) is 1. The van der Waals surface area contributed by atoms with Crippen molar-refractivity contribution >= 4 is 5.97 Å². The van der Waals surface area contributed by atoms with Crippen molar-refractivity contribution in [3.05, 3.63) is 0 Å². The van der Waals surface area contributed by atoms with Crippen LogP contribution in [0.3, 0.4) is 0 Å². The summed E-state index contributed by atoms with van der Waals surface area (Å²) in [6.07, 6.45) is 1.07. The lowest BCUT2D eigenvalue weighted by Crippen LogP contribution is -2.49. The van der Waals surface area contributed by atoms with Crippen LogP contribution < -0.4 is 5.73 Å². The number of hydrogen-bond donors (Lipinski definition) is 1. The SMILES string of the molecule is COC(=O)CN1CCC(C)C(N)C1. The zero-order valence-corrected chi connectivity index (χ0v) is 8.32. The predicted octanol–water partition coefficient (Wildman–Crippen LogP) is -0.171. The van der Waals surface area contributed by atoms with Gasteiger partial charge in [-0.15, -0.1) is 0 Å². The minimum atomic E-state index is -0.179. The highest BCUT2D eigenvalue weighted by Crippen LogP contribution is 2.14. The van der Waals surface area contributed by atoms with Gasteiger partial charge in [0.25, 0.3) is 0 Å². The van der Waals surface area contributed by atoms with Crippen molar-refractivity contribution in [3.8, 4) is 0 Å². The maximum atomic E-state index is 11.0. The molecule has 13 heavy (non-hydrogen) atoms. The molecule has 0 saturated carbocycles. The summed E-state index contributed by atoms with van der Waals surface area (Å²) in [5, 5.41) is 0. The molecule has 0 aromatic carbocycles. The smallest absolute Gasteiger partial charge is 0.319 e. The Kier molecular flexibility index (Phi) is 3.69. The summed E-state index contributed by atoms with van der Waals surface area (Å²) in [5.74, 6) is 0.385. The fraction of sp³-hybridized carbons (Fsp3) is 0.889. The Balaban J connectivity index is 2.33. The quantitative estimate of drug-likeness (QED) is 0.608. The van der Waals surface area contributed by atoms with Gasteiger partial charge in [-0.05, 0) is 18.9 Å². The van der Waals surface area contributed by atoms with Crippen LogP contribution in [0.4, 0.5) is 0 Å². The molecule has 0 aromatic heterocycles. The number of hydrogen-bond acceptors (Lipinski definition) is 4. The zero-order chi connectivity index (χ0) is 9.84.